The fourth-order valence-electron chi connectivity index (χ4n) is 1.94. The molecule has 0 aliphatic heterocycles. The van der Waals surface area contributed by atoms with Crippen molar-refractivity contribution in [2.24, 2.45) is 5.92 Å². The Morgan fingerprint density at radius 2 is 2.14 bits per heavy atom. The first kappa shape index (κ1) is 15.4. The van der Waals surface area contributed by atoms with Crippen LogP contribution in [0.4, 0.5) is 15.8 Å². The number of carbonyl (C=O) groups is 1. The van der Waals surface area contributed by atoms with Gasteiger partial charge in [-0.2, -0.15) is 0 Å². The van der Waals surface area contributed by atoms with Gasteiger partial charge in [0.05, 0.1) is 17.5 Å². The average Bonchev–Trinajstić information content (AvgIpc) is 3.23. The first-order chi connectivity index (χ1) is 9.97. The van der Waals surface area contributed by atoms with E-state index >= 15 is 0 Å². The number of halogens is 1. The minimum atomic E-state index is -0.478. The van der Waals surface area contributed by atoms with Gasteiger partial charge in [-0.05, 0) is 26.7 Å². The van der Waals surface area contributed by atoms with Gasteiger partial charge in [-0.25, -0.2) is 4.39 Å². The topological polar surface area (TPSA) is 76.4 Å². The molecule has 1 fully saturated rings. The van der Waals surface area contributed by atoms with Crippen LogP contribution in [0.3, 0.4) is 0 Å². The van der Waals surface area contributed by atoms with E-state index in [9.17, 15) is 9.18 Å². The van der Waals surface area contributed by atoms with E-state index in [0.717, 1.165) is 12.8 Å². The molecule has 2 rings (SSSR count). The second kappa shape index (κ2) is 6.65. The molecule has 1 aromatic rings. The van der Waals surface area contributed by atoms with Crippen LogP contribution in [0.5, 0.6) is 5.75 Å². The molecule has 5 nitrogen and oxygen atoms in total. The van der Waals surface area contributed by atoms with Crippen LogP contribution in [0.1, 0.15) is 26.7 Å². The molecule has 1 amide bonds. The molecule has 0 radical (unpaired) electrons. The summed E-state index contributed by atoms with van der Waals surface area (Å²) in [5, 5.41) is 5.93. The van der Waals surface area contributed by atoms with Crippen molar-refractivity contribution in [3.63, 3.8) is 0 Å². The van der Waals surface area contributed by atoms with Gasteiger partial charge < -0.3 is 21.1 Å². The van der Waals surface area contributed by atoms with Crippen molar-refractivity contribution in [2.45, 2.75) is 32.8 Å². The van der Waals surface area contributed by atoms with Crippen molar-refractivity contribution in [2.75, 3.05) is 24.1 Å². The molecular weight excluding hydrogens is 273 g/mol. The van der Waals surface area contributed by atoms with Crippen molar-refractivity contribution in [3.05, 3.63) is 17.9 Å². The van der Waals surface area contributed by atoms with E-state index in [2.05, 4.69) is 10.6 Å². The quantitative estimate of drug-likeness (QED) is 0.532. The van der Waals surface area contributed by atoms with Gasteiger partial charge in [0.15, 0.2) is 11.6 Å². The summed E-state index contributed by atoms with van der Waals surface area (Å²) in [6.45, 7) is 4.69. The van der Waals surface area contributed by atoms with Gasteiger partial charge in [-0.1, -0.05) is 0 Å². The predicted molar refractivity (Wildman–Crippen MR) is 80.8 cm³/mol. The molecule has 21 heavy (non-hydrogen) atoms. The van der Waals surface area contributed by atoms with Gasteiger partial charge in [0, 0.05) is 31.1 Å². The van der Waals surface area contributed by atoms with Gasteiger partial charge in [0.2, 0.25) is 5.91 Å². The largest absolute Gasteiger partial charge is 0.488 e. The zero-order valence-corrected chi connectivity index (χ0v) is 12.4. The van der Waals surface area contributed by atoms with Crippen molar-refractivity contribution in [1.29, 1.82) is 0 Å². The lowest BCUT2D eigenvalue weighted by Crippen LogP contribution is -2.29. The number of benzene rings is 1. The molecule has 1 aliphatic rings. The minimum absolute atomic E-state index is 0.104. The second-order valence-corrected chi connectivity index (χ2v) is 5.53. The van der Waals surface area contributed by atoms with Crippen molar-refractivity contribution < 1.29 is 13.9 Å². The maximum atomic E-state index is 13.7. The Morgan fingerprint density at radius 3 is 2.76 bits per heavy atom. The van der Waals surface area contributed by atoms with E-state index in [1.807, 2.05) is 13.8 Å². The van der Waals surface area contributed by atoms with Crippen LogP contribution in [0.15, 0.2) is 12.1 Å². The minimum Gasteiger partial charge on any atom is -0.488 e. The molecule has 0 saturated heterocycles. The lowest BCUT2D eigenvalue weighted by atomic mass is 10.2. The summed E-state index contributed by atoms with van der Waals surface area (Å²) in [6, 6.07) is 2.79. The summed E-state index contributed by atoms with van der Waals surface area (Å²) < 4.78 is 19.1. The number of carbonyl (C=O) groups excluding carboxylic acids is 1. The lowest BCUT2D eigenvalue weighted by molar-refractivity contribution is -0.122. The monoisotopic (exact) mass is 295 g/mol. The zero-order chi connectivity index (χ0) is 15.4. The number of anilines is 2. The number of nitrogens with one attached hydrogen (secondary N) is 2. The van der Waals surface area contributed by atoms with Crippen LogP contribution in [-0.4, -0.2) is 25.1 Å². The SMILES string of the molecule is CC(C)Oc1cc(NCCNC(=O)C2CC2)c(N)cc1F. The van der Waals surface area contributed by atoms with Crippen LogP contribution in [0.25, 0.3) is 0 Å². The van der Waals surface area contributed by atoms with Crippen molar-refractivity contribution in [3.8, 4) is 5.75 Å². The second-order valence-electron chi connectivity index (χ2n) is 5.53. The zero-order valence-electron chi connectivity index (χ0n) is 12.4. The highest BCUT2D eigenvalue weighted by Crippen LogP contribution is 2.29. The molecule has 6 heteroatoms. The Bertz CT molecular complexity index is 516. The van der Waals surface area contributed by atoms with Crippen LogP contribution in [0.2, 0.25) is 0 Å². The van der Waals surface area contributed by atoms with Crippen LogP contribution < -0.4 is 21.1 Å². The highest BCUT2D eigenvalue weighted by Gasteiger charge is 2.28. The summed E-state index contributed by atoms with van der Waals surface area (Å²) in [5.74, 6) is -0.00264. The van der Waals surface area contributed by atoms with E-state index in [1.165, 1.54) is 6.07 Å². The third-order valence-electron chi connectivity index (χ3n) is 3.15. The molecule has 0 spiro atoms. The molecule has 1 aromatic carbocycles. The maximum Gasteiger partial charge on any atom is 0.223 e. The lowest BCUT2D eigenvalue weighted by Gasteiger charge is -2.15. The van der Waals surface area contributed by atoms with Crippen LogP contribution in [-0.2, 0) is 4.79 Å². The molecule has 4 N–H and O–H groups in total. The van der Waals surface area contributed by atoms with Crippen molar-refractivity contribution >= 4 is 17.3 Å². The summed E-state index contributed by atoms with van der Waals surface area (Å²) in [4.78, 5) is 11.5. The first-order valence-corrected chi connectivity index (χ1v) is 7.24. The average molecular weight is 295 g/mol. The number of nitrogens with two attached hydrogens (primary N) is 1. The number of hydrogen-bond donors (Lipinski definition) is 3. The molecule has 1 saturated carbocycles. The predicted octanol–water partition coefficient (Wildman–Crippen LogP) is 2.13. The fraction of sp³-hybridized carbons (Fsp3) is 0.533. The number of amides is 1. The van der Waals surface area contributed by atoms with Crippen molar-refractivity contribution in [1.82, 2.24) is 5.32 Å². The molecule has 0 bridgehead atoms. The molecule has 0 aromatic heterocycles. The smallest absolute Gasteiger partial charge is 0.223 e. The molecule has 0 atom stereocenters. The maximum absolute atomic E-state index is 13.7. The normalized spacial score (nSPS) is 14.1. The Morgan fingerprint density at radius 1 is 1.43 bits per heavy atom. The van der Waals surface area contributed by atoms with Crippen LogP contribution in [0, 0.1) is 11.7 Å². The highest BCUT2D eigenvalue weighted by atomic mass is 19.1. The van der Waals surface area contributed by atoms with Gasteiger partial charge in [-0.3, -0.25) is 4.79 Å². The Kier molecular flexibility index (Phi) is 4.88. The standard InChI is InChI=1S/C15H22FN3O2/c1-9(2)21-14-8-13(12(17)7-11(14)16)18-5-6-19-15(20)10-3-4-10/h7-10,18H,3-6,17H2,1-2H3,(H,19,20). The first-order valence-electron chi connectivity index (χ1n) is 7.24. The Balaban J connectivity index is 1.87. The third-order valence-corrected chi connectivity index (χ3v) is 3.15. The summed E-state index contributed by atoms with van der Waals surface area (Å²) in [6.07, 6.45) is 1.86. The van der Waals surface area contributed by atoms with Gasteiger partial charge >= 0.3 is 0 Å². The highest BCUT2D eigenvalue weighted by molar-refractivity contribution is 5.80. The molecular formula is C15H22FN3O2. The number of rotatable bonds is 7. The number of ether oxygens (including phenoxy) is 1. The van der Waals surface area contributed by atoms with E-state index in [4.69, 9.17) is 10.5 Å². The molecule has 0 heterocycles. The summed E-state index contributed by atoms with van der Waals surface area (Å²) in [5.41, 5.74) is 6.70. The van der Waals surface area contributed by atoms with Crippen LogP contribution >= 0.6 is 0 Å². The third kappa shape index (κ3) is 4.51. The van der Waals surface area contributed by atoms with E-state index in [0.29, 0.717) is 24.5 Å². The summed E-state index contributed by atoms with van der Waals surface area (Å²) >= 11 is 0. The number of hydrogen-bond acceptors (Lipinski definition) is 4. The van der Waals surface area contributed by atoms with E-state index in [1.54, 1.807) is 6.07 Å². The molecule has 116 valence electrons. The molecule has 1 aliphatic carbocycles. The van der Waals surface area contributed by atoms with Gasteiger partial charge in [0.1, 0.15) is 0 Å². The fourth-order valence-corrected chi connectivity index (χ4v) is 1.94. The van der Waals surface area contributed by atoms with Gasteiger partial charge in [0.25, 0.3) is 0 Å². The summed E-state index contributed by atoms with van der Waals surface area (Å²) in [7, 11) is 0. The molecule has 0 unspecified atom stereocenters. The van der Waals surface area contributed by atoms with E-state index < -0.39 is 5.82 Å². The number of nitrogen functional groups attached to an aromatic ring is 1. The Hall–Kier alpha value is -1.98. The van der Waals surface area contributed by atoms with Gasteiger partial charge in [-0.15, -0.1) is 0 Å². The van der Waals surface area contributed by atoms with E-state index in [-0.39, 0.29) is 23.7 Å². The Labute approximate surface area is 124 Å².